The number of sulfonamides is 1. The maximum absolute atomic E-state index is 12.7. The van der Waals surface area contributed by atoms with Gasteiger partial charge in [-0.2, -0.15) is 4.98 Å². The number of para-hydroxylation sites is 1. The molecular formula is C17H18N4O4S. The van der Waals surface area contributed by atoms with E-state index in [1.165, 1.54) is 0 Å². The summed E-state index contributed by atoms with van der Waals surface area (Å²) in [6.45, 7) is 3.16. The Morgan fingerprint density at radius 2 is 1.92 bits per heavy atom. The van der Waals surface area contributed by atoms with Crippen LogP contribution in [0, 0.1) is 13.8 Å². The lowest BCUT2D eigenvalue weighted by Crippen LogP contribution is -2.15. The second kappa shape index (κ2) is 6.24. The molecule has 0 atom stereocenters. The van der Waals surface area contributed by atoms with Crippen LogP contribution in [0.4, 0.5) is 5.69 Å². The van der Waals surface area contributed by atoms with Crippen molar-refractivity contribution >= 4 is 15.7 Å². The number of aromatic nitrogens is 3. The molecule has 0 radical (unpaired) electrons. The largest absolute Gasteiger partial charge is 0.360 e. The minimum atomic E-state index is -3.82. The predicted octanol–water partition coefficient (Wildman–Crippen LogP) is 2.94. The Hall–Kier alpha value is -2.68. The summed E-state index contributed by atoms with van der Waals surface area (Å²) in [5.74, 6) is 1.85. The van der Waals surface area contributed by atoms with E-state index >= 15 is 0 Å². The van der Waals surface area contributed by atoms with Crippen molar-refractivity contribution in [1.82, 2.24) is 15.3 Å². The molecule has 1 aliphatic rings. The molecule has 3 aromatic rings. The first-order valence-corrected chi connectivity index (χ1v) is 9.78. The van der Waals surface area contributed by atoms with E-state index in [1.807, 2.05) is 12.1 Å². The fourth-order valence-corrected chi connectivity index (χ4v) is 4.27. The van der Waals surface area contributed by atoms with E-state index in [0.29, 0.717) is 29.6 Å². The van der Waals surface area contributed by atoms with E-state index in [9.17, 15) is 8.42 Å². The van der Waals surface area contributed by atoms with Gasteiger partial charge >= 0.3 is 0 Å². The molecule has 2 heterocycles. The van der Waals surface area contributed by atoms with Crippen LogP contribution >= 0.6 is 0 Å². The van der Waals surface area contributed by atoms with Crippen LogP contribution in [-0.2, 0) is 16.4 Å². The van der Waals surface area contributed by atoms with Gasteiger partial charge in [0.05, 0.1) is 12.1 Å². The van der Waals surface area contributed by atoms with Crippen molar-refractivity contribution < 1.29 is 17.5 Å². The zero-order chi connectivity index (χ0) is 18.3. The Morgan fingerprint density at radius 3 is 2.62 bits per heavy atom. The summed E-state index contributed by atoms with van der Waals surface area (Å²) in [6, 6.07) is 7.12. The van der Waals surface area contributed by atoms with Crippen LogP contribution in [0.2, 0.25) is 0 Å². The number of benzene rings is 1. The van der Waals surface area contributed by atoms with E-state index in [0.717, 1.165) is 24.2 Å². The van der Waals surface area contributed by atoms with Crippen molar-refractivity contribution in [3.8, 4) is 0 Å². The molecule has 8 nitrogen and oxygen atoms in total. The molecule has 4 rings (SSSR count). The van der Waals surface area contributed by atoms with Gasteiger partial charge in [0.1, 0.15) is 5.69 Å². The molecule has 1 aliphatic carbocycles. The lowest BCUT2D eigenvalue weighted by Gasteiger charge is -2.11. The highest BCUT2D eigenvalue weighted by Gasteiger charge is 2.29. The molecule has 0 saturated heterocycles. The molecule has 2 aromatic heterocycles. The highest BCUT2D eigenvalue weighted by atomic mass is 32.2. The topological polar surface area (TPSA) is 111 Å². The first-order valence-electron chi connectivity index (χ1n) is 8.30. The summed E-state index contributed by atoms with van der Waals surface area (Å²) in [7, 11) is -3.82. The highest BCUT2D eigenvalue weighted by molar-refractivity contribution is 7.92. The smallest absolute Gasteiger partial charge is 0.267 e. The quantitative estimate of drug-likeness (QED) is 0.706. The van der Waals surface area contributed by atoms with Gasteiger partial charge in [-0.3, -0.25) is 4.72 Å². The summed E-state index contributed by atoms with van der Waals surface area (Å²) >= 11 is 0. The molecule has 136 valence electrons. The summed E-state index contributed by atoms with van der Waals surface area (Å²) in [5.41, 5.74) is 1.52. The molecule has 0 bridgehead atoms. The first kappa shape index (κ1) is 16.8. The number of rotatable bonds is 6. The van der Waals surface area contributed by atoms with E-state index in [-0.39, 0.29) is 10.7 Å². The Labute approximate surface area is 150 Å². The highest BCUT2D eigenvalue weighted by Crippen LogP contribution is 2.38. The van der Waals surface area contributed by atoms with Crippen LogP contribution in [0.25, 0.3) is 0 Å². The van der Waals surface area contributed by atoms with Gasteiger partial charge in [-0.1, -0.05) is 28.5 Å². The van der Waals surface area contributed by atoms with Gasteiger partial charge < -0.3 is 9.05 Å². The summed E-state index contributed by atoms with van der Waals surface area (Å²) < 4.78 is 38.4. The lowest BCUT2D eigenvalue weighted by atomic mass is 10.1. The monoisotopic (exact) mass is 374 g/mol. The van der Waals surface area contributed by atoms with Gasteiger partial charge in [-0.15, -0.1) is 0 Å². The molecule has 0 aliphatic heterocycles. The number of hydrogen-bond acceptors (Lipinski definition) is 7. The second-order valence-electron chi connectivity index (χ2n) is 6.41. The summed E-state index contributed by atoms with van der Waals surface area (Å²) in [6.07, 6.45) is 2.53. The van der Waals surface area contributed by atoms with Crippen LogP contribution in [0.15, 0.2) is 38.2 Å². The second-order valence-corrected chi connectivity index (χ2v) is 8.03. The maximum atomic E-state index is 12.7. The van der Waals surface area contributed by atoms with E-state index < -0.39 is 10.0 Å². The third-order valence-electron chi connectivity index (χ3n) is 4.27. The zero-order valence-corrected chi connectivity index (χ0v) is 15.2. The van der Waals surface area contributed by atoms with Gasteiger partial charge in [0, 0.05) is 5.92 Å². The van der Waals surface area contributed by atoms with Crippen molar-refractivity contribution in [2.45, 2.75) is 43.9 Å². The molecule has 0 amide bonds. The molecule has 1 aromatic carbocycles. The maximum Gasteiger partial charge on any atom is 0.267 e. The number of nitrogens with one attached hydrogen (secondary N) is 1. The van der Waals surface area contributed by atoms with Crippen molar-refractivity contribution in [2.24, 2.45) is 0 Å². The number of anilines is 1. The fraction of sp³-hybridized carbons (Fsp3) is 0.353. The van der Waals surface area contributed by atoms with Crippen molar-refractivity contribution in [3.63, 3.8) is 0 Å². The lowest BCUT2D eigenvalue weighted by molar-refractivity contribution is 0.379. The number of hydrogen-bond donors (Lipinski definition) is 1. The normalized spacial score (nSPS) is 14.5. The standard InChI is InChI=1S/C17H18N4O4S/c1-10-16(11(2)24-19-10)26(22,23)21-14-6-4-3-5-13(14)9-15-18-17(20-25-15)12-7-8-12/h3-6,12,21H,7-9H2,1-2H3. The molecule has 26 heavy (non-hydrogen) atoms. The molecule has 1 N–H and O–H groups in total. The van der Waals surface area contributed by atoms with E-state index in [2.05, 4.69) is 20.0 Å². The average molecular weight is 374 g/mol. The summed E-state index contributed by atoms with van der Waals surface area (Å²) in [4.78, 5) is 4.46. The van der Waals surface area contributed by atoms with Crippen LogP contribution in [0.3, 0.4) is 0 Å². The Kier molecular flexibility index (Phi) is 4.03. The SMILES string of the molecule is Cc1noc(C)c1S(=O)(=O)Nc1ccccc1Cc1nc(C2CC2)no1. The Morgan fingerprint density at radius 1 is 1.15 bits per heavy atom. The Bertz CT molecular complexity index is 1030. The van der Waals surface area contributed by atoms with E-state index in [4.69, 9.17) is 9.05 Å². The third kappa shape index (κ3) is 3.22. The fourth-order valence-electron chi connectivity index (χ4n) is 2.84. The summed E-state index contributed by atoms with van der Waals surface area (Å²) in [5, 5.41) is 7.71. The van der Waals surface area contributed by atoms with Crippen molar-refractivity contribution in [3.05, 3.63) is 53.0 Å². The number of aryl methyl sites for hydroxylation is 2. The first-order chi connectivity index (χ1) is 12.4. The minimum Gasteiger partial charge on any atom is -0.360 e. The van der Waals surface area contributed by atoms with Crippen molar-refractivity contribution in [1.29, 1.82) is 0 Å². The molecule has 9 heteroatoms. The van der Waals surface area contributed by atoms with Gasteiger partial charge in [-0.25, -0.2) is 8.42 Å². The van der Waals surface area contributed by atoms with Crippen molar-refractivity contribution in [2.75, 3.05) is 4.72 Å². The number of nitrogens with zero attached hydrogens (tertiary/aromatic N) is 3. The van der Waals surface area contributed by atoms with Gasteiger partial charge in [0.2, 0.25) is 5.89 Å². The molecule has 0 spiro atoms. The van der Waals surface area contributed by atoms with Gasteiger partial charge in [-0.05, 0) is 38.3 Å². The van der Waals surface area contributed by atoms with Crippen LogP contribution in [0.5, 0.6) is 0 Å². The molecule has 1 saturated carbocycles. The Balaban J connectivity index is 1.61. The van der Waals surface area contributed by atoms with Gasteiger partial charge in [0.15, 0.2) is 16.5 Å². The van der Waals surface area contributed by atoms with E-state index in [1.54, 1.807) is 26.0 Å². The zero-order valence-electron chi connectivity index (χ0n) is 14.4. The molecule has 1 fully saturated rings. The minimum absolute atomic E-state index is 0.0566. The molecule has 0 unspecified atom stereocenters. The van der Waals surface area contributed by atoms with Gasteiger partial charge in [0.25, 0.3) is 10.0 Å². The average Bonchev–Trinajstić information content (AvgIpc) is 3.24. The molecular weight excluding hydrogens is 356 g/mol. The van der Waals surface area contributed by atoms with Crippen LogP contribution in [0.1, 0.15) is 47.5 Å². The van der Waals surface area contributed by atoms with Crippen LogP contribution in [-0.4, -0.2) is 23.7 Å². The third-order valence-corrected chi connectivity index (χ3v) is 5.88. The predicted molar refractivity (Wildman–Crippen MR) is 92.3 cm³/mol. The van der Waals surface area contributed by atoms with Crippen LogP contribution < -0.4 is 4.72 Å².